The van der Waals surface area contributed by atoms with Crippen molar-refractivity contribution in [1.82, 2.24) is 0 Å². The summed E-state index contributed by atoms with van der Waals surface area (Å²) in [6.07, 6.45) is 0. The van der Waals surface area contributed by atoms with Gasteiger partial charge in [-0.1, -0.05) is 6.92 Å². The Morgan fingerprint density at radius 1 is 1.75 bits per heavy atom. The maximum atomic E-state index is 10.2. The Hall–Kier alpha value is 0.260. The Balaban J connectivity index is 3.75. The van der Waals surface area contributed by atoms with Crippen molar-refractivity contribution in [2.45, 2.75) is 12.2 Å². The van der Waals surface area contributed by atoms with E-state index in [4.69, 9.17) is 0 Å². The zero-order chi connectivity index (χ0) is 6.78. The summed E-state index contributed by atoms with van der Waals surface area (Å²) in [7, 11) is -3.30. The first kappa shape index (κ1) is 8.26. The molecule has 50 valence electrons. The van der Waals surface area contributed by atoms with Crippen molar-refractivity contribution in [2.75, 3.05) is 5.75 Å². The van der Waals surface area contributed by atoms with Crippen LogP contribution in [0.4, 0.5) is 0 Å². The second-order valence-electron chi connectivity index (χ2n) is 1.68. The largest absolute Gasteiger partial charge is 0.229 e. The molecule has 0 saturated heterocycles. The van der Waals surface area contributed by atoms with E-state index in [9.17, 15) is 8.42 Å². The highest BCUT2D eigenvalue weighted by Crippen LogP contribution is 1.93. The zero-order valence-electron chi connectivity index (χ0n) is 4.53. The van der Waals surface area contributed by atoms with Crippen LogP contribution in [0.15, 0.2) is 0 Å². The number of hydrogen-bond donors (Lipinski definition) is 2. The van der Waals surface area contributed by atoms with E-state index >= 15 is 0 Å². The molecule has 5 heteroatoms. The van der Waals surface area contributed by atoms with Gasteiger partial charge in [0.25, 0.3) is 0 Å². The van der Waals surface area contributed by atoms with Crippen LogP contribution in [-0.2, 0) is 10.0 Å². The maximum Gasteiger partial charge on any atom is 0.210 e. The molecule has 0 aliphatic carbocycles. The number of primary sulfonamides is 1. The number of rotatable bonds is 2. The van der Waals surface area contributed by atoms with Gasteiger partial charge >= 0.3 is 0 Å². The van der Waals surface area contributed by atoms with Gasteiger partial charge in [0.2, 0.25) is 10.0 Å². The molecule has 0 fully saturated rings. The van der Waals surface area contributed by atoms with Gasteiger partial charge in [0, 0.05) is 5.25 Å². The topological polar surface area (TPSA) is 60.2 Å². The smallest absolute Gasteiger partial charge is 0.210 e. The monoisotopic (exact) mass is 155 g/mol. The summed E-state index contributed by atoms with van der Waals surface area (Å²) in [5, 5.41) is 4.48. The van der Waals surface area contributed by atoms with Crippen LogP contribution in [0.1, 0.15) is 6.92 Å². The van der Waals surface area contributed by atoms with Crippen molar-refractivity contribution in [3.05, 3.63) is 0 Å². The van der Waals surface area contributed by atoms with Gasteiger partial charge in [0.05, 0.1) is 5.75 Å². The molecule has 0 aromatic carbocycles. The summed E-state index contributed by atoms with van der Waals surface area (Å²) < 4.78 is 20.3. The predicted molar refractivity (Wildman–Crippen MR) is 36.4 cm³/mol. The van der Waals surface area contributed by atoms with Crippen LogP contribution in [0.5, 0.6) is 0 Å². The van der Waals surface area contributed by atoms with Crippen LogP contribution in [-0.4, -0.2) is 19.4 Å². The van der Waals surface area contributed by atoms with Crippen molar-refractivity contribution in [1.29, 1.82) is 0 Å². The lowest BCUT2D eigenvalue weighted by Gasteiger charge is -1.97. The van der Waals surface area contributed by atoms with E-state index in [1.807, 2.05) is 0 Å². The Morgan fingerprint density at radius 2 is 2.12 bits per heavy atom. The number of nitrogens with two attached hydrogens (primary N) is 1. The van der Waals surface area contributed by atoms with E-state index in [0.717, 1.165) is 0 Å². The van der Waals surface area contributed by atoms with Crippen LogP contribution in [0.2, 0.25) is 0 Å². The Labute approximate surface area is 54.7 Å². The standard InChI is InChI=1S/C3H9NO2S2/c1-3(7)2-8(4,5)6/h3,7H,2H2,1H3,(H2,4,5,6). The molecule has 0 aliphatic rings. The molecule has 1 unspecified atom stereocenters. The van der Waals surface area contributed by atoms with Crippen LogP contribution < -0.4 is 5.14 Å². The van der Waals surface area contributed by atoms with Crippen molar-refractivity contribution < 1.29 is 8.42 Å². The minimum absolute atomic E-state index is 0.0594. The molecule has 0 aromatic heterocycles. The van der Waals surface area contributed by atoms with E-state index in [1.54, 1.807) is 6.92 Å². The Kier molecular flexibility index (Phi) is 2.79. The summed E-state index contributed by atoms with van der Waals surface area (Å²) in [6.45, 7) is 1.67. The first-order valence-corrected chi connectivity index (χ1v) is 4.33. The SMILES string of the molecule is CC(S)CS(N)(=O)=O. The van der Waals surface area contributed by atoms with E-state index in [0.29, 0.717) is 0 Å². The second-order valence-corrected chi connectivity index (χ2v) is 4.22. The summed E-state index contributed by atoms with van der Waals surface area (Å²) in [5.74, 6) is -0.0594. The van der Waals surface area contributed by atoms with Gasteiger partial charge in [-0.25, -0.2) is 13.6 Å². The van der Waals surface area contributed by atoms with Crippen molar-refractivity contribution in [3.63, 3.8) is 0 Å². The molecule has 0 rings (SSSR count). The molecule has 0 aromatic rings. The average Bonchev–Trinajstić information content (AvgIpc) is 1.21. The van der Waals surface area contributed by atoms with Gasteiger partial charge < -0.3 is 0 Å². The third kappa shape index (κ3) is 6.26. The fourth-order valence-electron chi connectivity index (χ4n) is 0.336. The number of thiol groups is 1. The Bertz CT molecular complexity index is 149. The molecule has 0 amide bonds. The minimum atomic E-state index is -3.30. The lowest BCUT2D eigenvalue weighted by molar-refractivity contribution is 0.597. The molecule has 3 nitrogen and oxygen atoms in total. The lowest BCUT2D eigenvalue weighted by atomic mass is 10.6. The molecule has 0 spiro atoms. The van der Waals surface area contributed by atoms with E-state index in [1.165, 1.54) is 0 Å². The quantitative estimate of drug-likeness (QED) is 0.533. The first-order valence-electron chi connectivity index (χ1n) is 2.10. The van der Waals surface area contributed by atoms with Crippen molar-refractivity contribution >= 4 is 22.7 Å². The van der Waals surface area contributed by atoms with Crippen LogP contribution in [0.3, 0.4) is 0 Å². The summed E-state index contributed by atoms with van der Waals surface area (Å²) in [5.41, 5.74) is 0. The predicted octanol–water partition coefficient (Wildman–Crippen LogP) is -0.407. The zero-order valence-corrected chi connectivity index (χ0v) is 6.24. The first-order chi connectivity index (χ1) is 3.42. The molecule has 0 bridgehead atoms. The van der Waals surface area contributed by atoms with Gasteiger partial charge in [-0.15, -0.1) is 0 Å². The van der Waals surface area contributed by atoms with Crippen LogP contribution in [0.25, 0.3) is 0 Å². The molecular formula is C3H9NO2S2. The fraction of sp³-hybridized carbons (Fsp3) is 1.00. The lowest BCUT2D eigenvalue weighted by Crippen LogP contribution is -2.21. The molecule has 0 heterocycles. The van der Waals surface area contributed by atoms with Crippen molar-refractivity contribution in [3.8, 4) is 0 Å². The van der Waals surface area contributed by atoms with Crippen LogP contribution >= 0.6 is 12.6 Å². The third-order valence-electron chi connectivity index (χ3n) is 0.474. The molecule has 2 N–H and O–H groups in total. The normalized spacial score (nSPS) is 15.9. The molecule has 0 saturated carbocycles. The summed E-state index contributed by atoms with van der Waals surface area (Å²) >= 11 is 3.83. The number of hydrogen-bond acceptors (Lipinski definition) is 3. The number of sulfonamides is 1. The second kappa shape index (κ2) is 2.70. The van der Waals surface area contributed by atoms with Gasteiger partial charge in [-0.2, -0.15) is 12.6 Å². The van der Waals surface area contributed by atoms with E-state index in [2.05, 4.69) is 17.8 Å². The van der Waals surface area contributed by atoms with E-state index in [-0.39, 0.29) is 11.0 Å². The fourth-order valence-corrected chi connectivity index (χ4v) is 1.63. The molecule has 0 aliphatic heterocycles. The summed E-state index contributed by atoms with van der Waals surface area (Å²) in [6, 6.07) is 0. The Morgan fingerprint density at radius 3 is 2.12 bits per heavy atom. The average molecular weight is 155 g/mol. The highest BCUT2D eigenvalue weighted by Gasteiger charge is 2.04. The maximum absolute atomic E-state index is 10.2. The van der Waals surface area contributed by atoms with Gasteiger partial charge in [-0.3, -0.25) is 0 Å². The highest BCUT2D eigenvalue weighted by molar-refractivity contribution is 7.90. The molecule has 8 heavy (non-hydrogen) atoms. The summed E-state index contributed by atoms with van der Waals surface area (Å²) in [4.78, 5) is 0. The minimum Gasteiger partial charge on any atom is -0.229 e. The van der Waals surface area contributed by atoms with Gasteiger partial charge in [0.15, 0.2) is 0 Å². The van der Waals surface area contributed by atoms with Crippen molar-refractivity contribution in [2.24, 2.45) is 5.14 Å². The van der Waals surface area contributed by atoms with Gasteiger partial charge in [-0.05, 0) is 0 Å². The molecular weight excluding hydrogens is 146 g/mol. The highest BCUT2D eigenvalue weighted by atomic mass is 32.2. The third-order valence-corrected chi connectivity index (χ3v) is 1.87. The molecule has 0 radical (unpaired) electrons. The van der Waals surface area contributed by atoms with Gasteiger partial charge in [0.1, 0.15) is 0 Å². The van der Waals surface area contributed by atoms with Crippen LogP contribution in [0, 0.1) is 0 Å². The van der Waals surface area contributed by atoms with E-state index < -0.39 is 10.0 Å². The molecule has 1 atom stereocenters.